The summed E-state index contributed by atoms with van der Waals surface area (Å²) < 4.78 is 6.80. The van der Waals surface area contributed by atoms with Crippen molar-refractivity contribution in [1.82, 2.24) is 0 Å². The lowest BCUT2D eigenvalue weighted by Crippen LogP contribution is -2.46. The van der Waals surface area contributed by atoms with Gasteiger partial charge in [0.2, 0.25) is 0 Å². The zero-order chi connectivity index (χ0) is 20.6. The Bertz CT molecular complexity index is 497. The van der Waals surface area contributed by atoms with E-state index in [9.17, 15) is 4.80 Å². The van der Waals surface area contributed by atoms with Crippen molar-refractivity contribution in [2.24, 2.45) is 5.92 Å². The number of allylic oxidation sites excluding steroid dienone is 1. The number of hydrogen-bond acceptors (Lipinski definition) is 2. The van der Waals surface area contributed by atoms with E-state index < -0.39 is 16.6 Å². The lowest BCUT2D eigenvalue weighted by Gasteiger charge is -2.45. The van der Waals surface area contributed by atoms with Gasteiger partial charge < -0.3 is 9.22 Å². The van der Waals surface area contributed by atoms with E-state index in [1.807, 2.05) is 0 Å². The van der Waals surface area contributed by atoms with Gasteiger partial charge in [0.25, 0.3) is 0 Å². The van der Waals surface area contributed by atoms with E-state index in [2.05, 4.69) is 82.7 Å². The van der Waals surface area contributed by atoms with Gasteiger partial charge in [-0.15, -0.1) is 9.24 Å². The van der Waals surface area contributed by atoms with Crippen LogP contribution in [0.2, 0.25) is 36.3 Å². The molecule has 26 heavy (non-hydrogen) atoms. The fourth-order valence-electron chi connectivity index (χ4n) is 3.22. The minimum atomic E-state index is -2.23. The highest BCUT2D eigenvalue weighted by Crippen LogP contribution is 2.49. The Kier molecular flexibility index (Phi) is 7.78. The summed E-state index contributed by atoms with van der Waals surface area (Å²) >= 11 is 0. The van der Waals surface area contributed by atoms with Crippen LogP contribution in [0.1, 0.15) is 53.9 Å². The van der Waals surface area contributed by atoms with Gasteiger partial charge in [0.05, 0.1) is 6.10 Å². The van der Waals surface area contributed by atoms with Crippen molar-refractivity contribution in [3.05, 3.63) is 23.8 Å². The van der Waals surface area contributed by atoms with Gasteiger partial charge in [-0.25, -0.2) is 0 Å². The maximum Gasteiger partial charge on any atom is 0.192 e. The van der Waals surface area contributed by atoms with Crippen LogP contribution < -0.4 is 0 Å². The first kappa shape index (κ1) is 24.3. The fourth-order valence-corrected chi connectivity index (χ4v) is 5.59. The van der Waals surface area contributed by atoms with Crippen LogP contribution in [0.25, 0.3) is 0 Å². The average molecular weight is 415 g/mol. The van der Waals surface area contributed by atoms with Gasteiger partial charge in [-0.1, -0.05) is 52.8 Å². The van der Waals surface area contributed by atoms with Crippen LogP contribution in [0.5, 0.6) is 0 Å². The zero-order valence-electron chi connectivity index (χ0n) is 18.7. The normalized spacial score (nSPS) is 25.0. The summed E-state index contributed by atoms with van der Waals surface area (Å²) in [4.78, 5) is 10.8. The van der Waals surface area contributed by atoms with Gasteiger partial charge in [0.1, 0.15) is 0 Å². The summed E-state index contributed by atoms with van der Waals surface area (Å²) in [5, 5.41) is 0.162. The Balaban J connectivity index is 3.10. The highest BCUT2D eigenvalue weighted by molar-refractivity contribution is 7.16. The van der Waals surface area contributed by atoms with E-state index in [0.29, 0.717) is 5.92 Å². The van der Waals surface area contributed by atoms with Crippen molar-refractivity contribution in [3.63, 3.8) is 0 Å². The first-order valence-electron chi connectivity index (χ1n) is 9.98. The van der Waals surface area contributed by atoms with Crippen molar-refractivity contribution in [3.8, 4) is 0 Å². The van der Waals surface area contributed by atoms with Crippen molar-refractivity contribution >= 4 is 25.9 Å². The van der Waals surface area contributed by atoms with E-state index in [4.69, 9.17) is 4.43 Å². The van der Waals surface area contributed by atoms with Gasteiger partial charge >= 0.3 is 0 Å². The molecule has 2 nitrogen and oxygen atoms in total. The minimum absolute atomic E-state index is 0.0362. The van der Waals surface area contributed by atoms with Crippen LogP contribution in [0.3, 0.4) is 0 Å². The predicted molar refractivity (Wildman–Crippen MR) is 125 cm³/mol. The van der Waals surface area contributed by atoms with Crippen molar-refractivity contribution in [1.29, 1.82) is 0 Å². The van der Waals surface area contributed by atoms with E-state index >= 15 is 0 Å². The maximum atomic E-state index is 10.8. The number of rotatable bonds is 6. The average Bonchev–Trinajstić information content (AvgIpc) is 2.41. The molecule has 0 aromatic carbocycles. The quantitative estimate of drug-likeness (QED) is 0.305. The molecule has 1 aliphatic rings. The van der Waals surface area contributed by atoms with Gasteiger partial charge in [-0.3, -0.25) is 0 Å². The van der Waals surface area contributed by atoms with Crippen molar-refractivity contribution in [2.45, 2.75) is 96.2 Å². The monoisotopic (exact) mass is 414 g/mol. The Morgan fingerprint density at radius 3 is 2.12 bits per heavy atom. The molecule has 152 valence electrons. The van der Waals surface area contributed by atoms with E-state index in [1.165, 1.54) is 11.1 Å². The summed E-state index contributed by atoms with van der Waals surface area (Å²) in [6.07, 6.45) is 6.50. The number of hydrogen-bond donors (Lipinski definition) is 1. The first-order chi connectivity index (χ1) is 11.5. The van der Waals surface area contributed by atoms with Gasteiger partial charge in [0, 0.05) is 0 Å². The summed E-state index contributed by atoms with van der Waals surface area (Å²) in [6, 6.07) is 0. The van der Waals surface area contributed by atoms with Crippen LogP contribution in [-0.2, 0) is 4.43 Å². The summed E-state index contributed by atoms with van der Waals surface area (Å²) in [6.45, 7) is 24.6. The molecule has 0 aromatic heterocycles. The van der Waals surface area contributed by atoms with E-state index in [-0.39, 0.29) is 16.2 Å². The predicted octanol–water partition coefficient (Wildman–Crippen LogP) is 6.51. The second-order valence-corrected chi connectivity index (χ2v) is 20.5. The Hall–Kier alpha value is 0.264. The zero-order valence-corrected chi connectivity index (χ0v) is 21.9. The molecule has 0 saturated heterocycles. The minimum Gasteiger partial charge on any atom is -0.432 e. The molecule has 1 unspecified atom stereocenters. The summed E-state index contributed by atoms with van der Waals surface area (Å²) in [7, 11) is -1.27. The SMILES string of the molecule is C=C1[C@H](CC(C)(C)[Si](C)(C)O)C/C(=C\CP)C[C@@H]1O[Si](C)(C)C(C)(C)C. The largest absolute Gasteiger partial charge is 0.432 e. The smallest absolute Gasteiger partial charge is 0.192 e. The molecule has 0 radical (unpaired) electrons. The molecule has 1 N–H and O–H groups in total. The molecule has 5 heteroatoms. The lowest BCUT2D eigenvalue weighted by molar-refractivity contribution is 0.180. The molecule has 1 fully saturated rings. The highest BCUT2D eigenvalue weighted by atomic mass is 31.0. The van der Waals surface area contributed by atoms with Crippen molar-refractivity contribution in [2.75, 3.05) is 6.16 Å². The lowest BCUT2D eigenvalue weighted by atomic mass is 9.76. The second-order valence-electron chi connectivity index (χ2n) is 10.8. The fraction of sp³-hybridized carbons (Fsp3) is 0.810. The van der Waals surface area contributed by atoms with E-state index in [1.54, 1.807) is 0 Å². The molecule has 0 aromatic rings. The molecular weight excluding hydrogens is 371 g/mol. The molecular formula is C21H43O2PSi2. The van der Waals surface area contributed by atoms with Crippen LogP contribution in [-0.4, -0.2) is 33.7 Å². The van der Waals surface area contributed by atoms with Crippen molar-refractivity contribution < 1.29 is 9.22 Å². The Labute approximate surface area is 167 Å². The maximum absolute atomic E-state index is 10.8. The molecule has 3 atom stereocenters. The second kappa shape index (κ2) is 8.33. The van der Waals surface area contributed by atoms with Gasteiger partial charge in [-0.2, -0.15) is 0 Å². The summed E-state index contributed by atoms with van der Waals surface area (Å²) in [5.41, 5.74) is 2.75. The Morgan fingerprint density at radius 2 is 1.69 bits per heavy atom. The van der Waals surface area contributed by atoms with Crippen LogP contribution in [0.4, 0.5) is 0 Å². The third-order valence-corrected chi connectivity index (χ3v) is 15.2. The summed E-state index contributed by atoms with van der Waals surface area (Å²) in [5.74, 6) is 0.398. The van der Waals surface area contributed by atoms with Gasteiger partial charge in [0.15, 0.2) is 16.6 Å². The van der Waals surface area contributed by atoms with Crippen LogP contribution >= 0.6 is 9.24 Å². The third-order valence-electron chi connectivity index (χ3n) is 6.96. The third kappa shape index (κ3) is 5.88. The molecule has 0 aliphatic heterocycles. The topological polar surface area (TPSA) is 29.5 Å². The molecule has 0 spiro atoms. The van der Waals surface area contributed by atoms with Crippen LogP contribution in [0, 0.1) is 5.92 Å². The molecule has 0 amide bonds. The molecule has 0 heterocycles. The molecule has 0 bridgehead atoms. The standard InChI is InChI=1S/C21H43O2PSi2/c1-16-18(15-21(5,6)25(7,8)22)13-17(11-12-24)14-19(16)23-26(9,10)20(2,3)4/h11,18-19,22H,1,12-15,24H2,2-10H3/b17-11+/t18-,19-/m0/s1. The highest BCUT2D eigenvalue weighted by Gasteiger charge is 2.44. The Morgan fingerprint density at radius 1 is 1.15 bits per heavy atom. The van der Waals surface area contributed by atoms with E-state index in [0.717, 1.165) is 25.4 Å². The molecule has 1 rings (SSSR count). The van der Waals surface area contributed by atoms with Gasteiger partial charge in [-0.05, 0) is 73.2 Å². The first-order valence-corrected chi connectivity index (χ1v) is 16.7. The van der Waals surface area contributed by atoms with Crippen LogP contribution in [0.15, 0.2) is 23.8 Å². The molecule has 1 saturated carbocycles. The molecule has 1 aliphatic carbocycles.